The van der Waals surface area contributed by atoms with E-state index < -0.39 is 0 Å². The van der Waals surface area contributed by atoms with E-state index in [1.54, 1.807) is 11.3 Å². The highest BCUT2D eigenvalue weighted by Gasteiger charge is 2.68. The monoisotopic (exact) mass is 301 g/mol. The topological polar surface area (TPSA) is 38.1 Å². The first-order chi connectivity index (χ1) is 10.0. The number of fused-ring (bicyclic) bond motifs is 1. The molecule has 1 saturated carbocycles. The zero-order chi connectivity index (χ0) is 14.7. The Hall–Kier alpha value is -1.62. The molecule has 0 aromatic carbocycles. The van der Waals surface area contributed by atoms with Crippen molar-refractivity contribution in [2.24, 2.45) is 5.41 Å². The molecule has 1 aliphatic carbocycles. The summed E-state index contributed by atoms with van der Waals surface area (Å²) in [4.78, 5) is 20.7. The lowest BCUT2D eigenvalue weighted by Gasteiger charge is -2.32. The SMILES string of the molecule is CC1(C)CC1(C(=O)N1CCn2cncc2C1)c1cccs1. The Morgan fingerprint density at radius 1 is 1.38 bits per heavy atom. The molecule has 1 amide bonds. The van der Waals surface area contributed by atoms with Crippen LogP contribution in [-0.2, 0) is 23.3 Å². The molecule has 110 valence electrons. The van der Waals surface area contributed by atoms with Crippen LogP contribution in [0.1, 0.15) is 30.8 Å². The smallest absolute Gasteiger partial charge is 0.235 e. The number of aromatic nitrogens is 2. The normalized spacial score (nSPS) is 26.5. The third kappa shape index (κ3) is 1.73. The van der Waals surface area contributed by atoms with Gasteiger partial charge in [-0.05, 0) is 23.3 Å². The standard InChI is InChI=1S/C16H19N3OS/c1-15(2)10-16(15,13-4-3-7-21-13)14(20)18-5-6-19-11-17-8-12(19)9-18/h3-4,7-8,11H,5-6,9-10H2,1-2H3. The van der Waals surface area contributed by atoms with Crippen LogP contribution in [0.3, 0.4) is 0 Å². The quantitative estimate of drug-likeness (QED) is 0.855. The third-order valence-electron chi connectivity index (χ3n) is 5.09. The second kappa shape index (κ2) is 4.19. The predicted molar refractivity (Wildman–Crippen MR) is 82.0 cm³/mol. The van der Waals surface area contributed by atoms with Crippen LogP contribution < -0.4 is 0 Å². The van der Waals surface area contributed by atoms with Crippen LogP contribution in [0.25, 0.3) is 0 Å². The maximum atomic E-state index is 13.2. The molecule has 1 fully saturated rings. The summed E-state index contributed by atoms with van der Waals surface area (Å²) in [6.07, 6.45) is 4.68. The Kier molecular flexibility index (Phi) is 2.61. The second-order valence-corrected chi connectivity index (χ2v) is 7.70. The van der Waals surface area contributed by atoms with Crippen LogP contribution >= 0.6 is 11.3 Å². The highest BCUT2D eigenvalue weighted by Crippen LogP contribution is 2.66. The minimum absolute atomic E-state index is 0.0621. The lowest BCUT2D eigenvalue weighted by molar-refractivity contribution is -0.136. The van der Waals surface area contributed by atoms with Crippen molar-refractivity contribution in [1.82, 2.24) is 14.5 Å². The third-order valence-corrected chi connectivity index (χ3v) is 6.13. The molecule has 0 saturated heterocycles. The van der Waals surface area contributed by atoms with Crippen LogP contribution in [0.5, 0.6) is 0 Å². The molecule has 2 aromatic rings. The Morgan fingerprint density at radius 3 is 2.86 bits per heavy atom. The van der Waals surface area contributed by atoms with Crippen molar-refractivity contribution in [2.75, 3.05) is 6.54 Å². The summed E-state index contributed by atoms with van der Waals surface area (Å²) in [6, 6.07) is 4.17. The van der Waals surface area contributed by atoms with Gasteiger partial charge in [-0.1, -0.05) is 19.9 Å². The van der Waals surface area contributed by atoms with Crippen molar-refractivity contribution in [3.8, 4) is 0 Å². The van der Waals surface area contributed by atoms with Gasteiger partial charge >= 0.3 is 0 Å². The molecule has 2 aliphatic rings. The molecule has 2 aromatic heterocycles. The second-order valence-electron chi connectivity index (χ2n) is 6.75. The molecule has 1 atom stereocenters. The summed E-state index contributed by atoms with van der Waals surface area (Å²) in [6.45, 7) is 6.73. The van der Waals surface area contributed by atoms with Crippen LogP contribution in [0.2, 0.25) is 0 Å². The first-order valence-corrected chi connectivity index (χ1v) is 8.25. The average Bonchev–Trinajstić information content (AvgIpc) is 2.93. The van der Waals surface area contributed by atoms with E-state index in [9.17, 15) is 4.79 Å². The van der Waals surface area contributed by atoms with E-state index in [1.807, 2.05) is 17.4 Å². The Morgan fingerprint density at radius 2 is 2.19 bits per heavy atom. The average molecular weight is 301 g/mol. The van der Waals surface area contributed by atoms with Crippen molar-refractivity contribution < 1.29 is 4.79 Å². The zero-order valence-corrected chi connectivity index (χ0v) is 13.2. The minimum Gasteiger partial charge on any atom is -0.334 e. The molecule has 0 bridgehead atoms. The van der Waals surface area contributed by atoms with Crippen molar-refractivity contribution in [3.05, 3.63) is 40.6 Å². The summed E-state index contributed by atoms with van der Waals surface area (Å²) in [5, 5.41) is 2.07. The van der Waals surface area contributed by atoms with Gasteiger partial charge in [0.1, 0.15) is 0 Å². The number of nitrogens with zero attached hydrogens (tertiary/aromatic N) is 3. The molecule has 5 heteroatoms. The molecule has 0 radical (unpaired) electrons. The van der Waals surface area contributed by atoms with E-state index >= 15 is 0 Å². The fourth-order valence-electron chi connectivity index (χ4n) is 3.66. The maximum Gasteiger partial charge on any atom is 0.235 e. The summed E-state index contributed by atoms with van der Waals surface area (Å²) < 4.78 is 2.14. The molecule has 21 heavy (non-hydrogen) atoms. The van der Waals surface area contributed by atoms with Crippen LogP contribution in [0.15, 0.2) is 30.0 Å². The first-order valence-electron chi connectivity index (χ1n) is 7.37. The van der Waals surface area contributed by atoms with E-state index in [0.717, 1.165) is 25.2 Å². The van der Waals surface area contributed by atoms with Gasteiger partial charge in [-0.25, -0.2) is 4.98 Å². The predicted octanol–water partition coefficient (Wildman–Crippen LogP) is 2.65. The molecular weight excluding hydrogens is 282 g/mol. The molecule has 0 spiro atoms. The number of thiophene rings is 1. The number of carbonyl (C=O) groups excluding carboxylic acids is 1. The number of hydrogen-bond acceptors (Lipinski definition) is 3. The zero-order valence-electron chi connectivity index (χ0n) is 12.4. The Labute approximate surface area is 128 Å². The van der Waals surface area contributed by atoms with Gasteiger partial charge in [0.15, 0.2) is 0 Å². The molecular formula is C16H19N3OS. The highest BCUT2D eigenvalue weighted by molar-refractivity contribution is 7.10. The fourth-order valence-corrected chi connectivity index (χ4v) is 4.76. The van der Waals surface area contributed by atoms with Gasteiger partial charge in [0.05, 0.1) is 24.0 Å². The van der Waals surface area contributed by atoms with Crippen molar-refractivity contribution in [2.45, 2.75) is 38.8 Å². The van der Waals surface area contributed by atoms with Crippen LogP contribution in [0.4, 0.5) is 0 Å². The van der Waals surface area contributed by atoms with E-state index in [0.29, 0.717) is 12.5 Å². The maximum absolute atomic E-state index is 13.2. The number of rotatable bonds is 2. The fraction of sp³-hybridized carbons (Fsp3) is 0.500. The lowest BCUT2D eigenvalue weighted by atomic mass is 9.92. The van der Waals surface area contributed by atoms with Gasteiger partial charge in [-0.3, -0.25) is 4.79 Å². The van der Waals surface area contributed by atoms with Crippen molar-refractivity contribution >= 4 is 17.2 Å². The van der Waals surface area contributed by atoms with Gasteiger partial charge in [0, 0.05) is 24.2 Å². The summed E-state index contributed by atoms with van der Waals surface area (Å²) in [7, 11) is 0. The highest BCUT2D eigenvalue weighted by atomic mass is 32.1. The van der Waals surface area contributed by atoms with E-state index in [1.165, 1.54) is 4.88 Å². The first kappa shape index (κ1) is 13.1. The summed E-state index contributed by atoms with van der Waals surface area (Å²) in [5.74, 6) is 0.294. The van der Waals surface area contributed by atoms with Crippen LogP contribution in [0, 0.1) is 5.41 Å². The van der Waals surface area contributed by atoms with E-state index in [2.05, 4.69) is 40.9 Å². The largest absolute Gasteiger partial charge is 0.334 e. The van der Waals surface area contributed by atoms with Gasteiger partial charge in [-0.15, -0.1) is 11.3 Å². The Balaban J connectivity index is 1.66. The summed E-state index contributed by atoms with van der Waals surface area (Å²) in [5.41, 5.74) is 0.894. The molecule has 4 rings (SSSR count). The van der Waals surface area contributed by atoms with Gasteiger partial charge in [0.25, 0.3) is 0 Å². The van der Waals surface area contributed by atoms with E-state index in [-0.39, 0.29) is 10.8 Å². The molecule has 1 unspecified atom stereocenters. The number of hydrogen-bond donors (Lipinski definition) is 0. The summed E-state index contributed by atoms with van der Waals surface area (Å²) >= 11 is 1.71. The number of imidazole rings is 1. The number of carbonyl (C=O) groups is 1. The van der Waals surface area contributed by atoms with Gasteiger partial charge in [0.2, 0.25) is 5.91 Å². The number of amides is 1. The Bertz CT molecular complexity index is 688. The minimum atomic E-state index is -0.302. The van der Waals surface area contributed by atoms with Crippen molar-refractivity contribution in [1.29, 1.82) is 0 Å². The molecule has 1 aliphatic heterocycles. The lowest BCUT2D eigenvalue weighted by Crippen LogP contribution is -2.44. The van der Waals surface area contributed by atoms with E-state index in [4.69, 9.17) is 0 Å². The van der Waals surface area contributed by atoms with Crippen molar-refractivity contribution in [3.63, 3.8) is 0 Å². The molecule has 4 nitrogen and oxygen atoms in total. The molecule has 3 heterocycles. The van der Waals surface area contributed by atoms with Gasteiger partial charge in [-0.2, -0.15) is 0 Å². The molecule has 0 N–H and O–H groups in total. The van der Waals surface area contributed by atoms with Gasteiger partial charge < -0.3 is 9.47 Å². The van der Waals surface area contributed by atoms with Crippen LogP contribution in [-0.4, -0.2) is 26.9 Å².